The van der Waals surface area contributed by atoms with Gasteiger partial charge in [0.15, 0.2) is 0 Å². The molecule has 0 spiro atoms. The molecular weight excluding hydrogens is 435 g/mol. The number of fused-ring (bicyclic) bond motifs is 1. The summed E-state index contributed by atoms with van der Waals surface area (Å²) < 4.78 is 26.9. The fraction of sp³-hybridized carbons (Fsp3) is 0.222. The molecule has 6 nitrogen and oxygen atoms in total. The molecule has 4 rings (SSSR count). The maximum atomic E-state index is 14.4. The third kappa shape index (κ3) is 4.61. The van der Waals surface area contributed by atoms with Crippen LogP contribution < -0.4 is 14.8 Å². The van der Waals surface area contributed by atoms with E-state index < -0.39 is 5.97 Å². The number of hydrogen-bond acceptors (Lipinski definition) is 4. The van der Waals surface area contributed by atoms with Crippen LogP contribution in [0.2, 0.25) is 0 Å². The van der Waals surface area contributed by atoms with E-state index in [1.165, 1.54) is 6.07 Å². The van der Waals surface area contributed by atoms with Crippen LogP contribution in [0.5, 0.6) is 11.5 Å². The molecule has 176 valence electrons. The molecule has 1 aromatic heterocycles. The van der Waals surface area contributed by atoms with Gasteiger partial charge in [-0.2, -0.15) is 0 Å². The summed E-state index contributed by atoms with van der Waals surface area (Å²) in [5.41, 5.74) is 3.89. The minimum absolute atomic E-state index is 0.123. The molecule has 0 aliphatic rings. The summed E-state index contributed by atoms with van der Waals surface area (Å²) in [4.78, 5) is 12.4. The van der Waals surface area contributed by atoms with Crippen LogP contribution in [0.3, 0.4) is 0 Å². The topological polar surface area (TPSA) is 72.7 Å². The monoisotopic (exact) mass is 462 g/mol. The van der Waals surface area contributed by atoms with E-state index in [1.807, 2.05) is 43.3 Å². The molecule has 1 heterocycles. The third-order valence-corrected chi connectivity index (χ3v) is 5.92. The normalized spacial score (nSPS) is 11.1. The lowest BCUT2D eigenvalue weighted by atomic mass is 10.1. The molecule has 0 radical (unpaired) electrons. The van der Waals surface area contributed by atoms with Gasteiger partial charge in [0, 0.05) is 40.7 Å². The van der Waals surface area contributed by atoms with Crippen molar-refractivity contribution in [1.82, 2.24) is 9.88 Å². The highest BCUT2D eigenvalue weighted by molar-refractivity contribution is 5.98. The van der Waals surface area contributed by atoms with E-state index in [1.54, 1.807) is 37.0 Å². The van der Waals surface area contributed by atoms with E-state index in [9.17, 15) is 14.3 Å². The molecule has 0 aliphatic carbocycles. The van der Waals surface area contributed by atoms with E-state index in [-0.39, 0.29) is 18.1 Å². The van der Waals surface area contributed by atoms with E-state index in [2.05, 4.69) is 5.32 Å². The molecule has 34 heavy (non-hydrogen) atoms. The first-order chi connectivity index (χ1) is 16.4. The Kier molecular flexibility index (Phi) is 6.84. The minimum atomic E-state index is -1.05. The van der Waals surface area contributed by atoms with Gasteiger partial charge in [-0.3, -0.25) is 0 Å². The Bertz CT molecular complexity index is 1350. The first kappa shape index (κ1) is 23.3. The first-order valence-electron chi connectivity index (χ1n) is 10.9. The lowest BCUT2D eigenvalue weighted by molar-refractivity contribution is 0.0684. The van der Waals surface area contributed by atoms with Gasteiger partial charge in [0.1, 0.15) is 23.0 Å². The van der Waals surface area contributed by atoms with Crippen molar-refractivity contribution in [3.05, 3.63) is 94.4 Å². The molecule has 0 fully saturated rings. The summed E-state index contributed by atoms with van der Waals surface area (Å²) >= 11 is 0. The number of carboxylic acids is 1. The number of rotatable bonds is 9. The van der Waals surface area contributed by atoms with Gasteiger partial charge >= 0.3 is 5.97 Å². The molecule has 0 amide bonds. The molecular formula is C27H27FN2O4. The van der Waals surface area contributed by atoms with E-state index >= 15 is 0 Å². The van der Waals surface area contributed by atoms with Crippen molar-refractivity contribution in [3.8, 4) is 11.5 Å². The summed E-state index contributed by atoms with van der Waals surface area (Å²) in [5, 5.41) is 14.3. The molecule has 7 heteroatoms. The van der Waals surface area contributed by atoms with Crippen molar-refractivity contribution in [3.63, 3.8) is 0 Å². The summed E-state index contributed by atoms with van der Waals surface area (Å²) in [7, 11) is 3.21. The van der Waals surface area contributed by atoms with Crippen molar-refractivity contribution in [2.45, 2.75) is 26.6 Å². The molecule has 0 aliphatic heterocycles. The minimum Gasteiger partial charge on any atom is -0.497 e. The number of carboxylic acid groups (broad SMARTS) is 1. The highest BCUT2D eigenvalue weighted by atomic mass is 19.1. The molecule has 3 aromatic carbocycles. The van der Waals surface area contributed by atoms with E-state index in [0.717, 1.165) is 22.0 Å². The first-order valence-corrected chi connectivity index (χ1v) is 10.9. The molecule has 0 saturated carbocycles. The molecule has 0 unspecified atom stereocenters. The van der Waals surface area contributed by atoms with Gasteiger partial charge in [0.25, 0.3) is 0 Å². The number of ether oxygens (including phenoxy) is 2. The van der Waals surface area contributed by atoms with Gasteiger partial charge in [-0.1, -0.05) is 30.3 Å². The fourth-order valence-corrected chi connectivity index (χ4v) is 4.26. The quantitative estimate of drug-likeness (QED) is 0.360. The second kappa shape index (κ2) is 9.97. The molecule has 4 aromatic rings. The number of hydrogen-bond donors (Lipinski definition) is 2. The second-order valence-corrected chi connectivity index (χ2v) is 8.11. The standard InChI is InChI=1S/C27H27FN2O4/c1-17-8-10-21-22(15-29-14-19-13-20(33-2)9-11-25(19)34-3)26(27(31)32)30(24(21)12-17)16-18-6-4-5-7-23(18)28/h4-13,29H,14-16H2,1-3H3,(H,31,32). The average Bonchev–Trinajstić information content (AvgIpc) is 3.13. The van der Waals surface area contributed by atoms with Gasteiger partial charge in [0.05, 0.1) is 20.8 Å². The Labute approximate surface area is 197 Å². The Morgan fingerprint density at radius 1 is 1.00 bits per heavy atom. The maximum absolute atomic E-state index is 14.4. The van der Waals surface area contributed by atoms with Crippen molar-refractivity contribution < 1.29 is 23.8 Å². The van der Waals surface area contributed by atoms with Gasteiger partial charge in [0.2, 0.25) is 0 Å². The summed E-state index contributed by atoms with van der Waals surface area (Å²) in [6, 6.07) is 17.8. The van der Waals surface area contributed by atoms with Crippen LogP contribution in [0.1, 0.15) is 32.7 Å². The lowest BCUT2D eigenvalue weighted by Gasteiger charge is -2.12. The van der Waals surface area contributed by atoms with Crippen LogP contribution in [-0.4, -0.2) is 29.9 Å². The summed E-state index contributed by atoms with van der Waals surface area (Å²) in [6.07, 6.45) is 0. The molecule has 2 N–H and O–H groups in total. The number of aromatic nitrogens is 1. The zero-order chi connectivity index (χ0) is 24.2. The molecule has 0 bridgehead atoms. The van der Waals surface area contributed by atoms with Gasteiger partial charge in [-0.25, -0.2) is 9.18 Å². The van der Waals surface area contributed by atoms with Gasteiger partial charge in [-0.05, 0) is 42.8 Å². The predicted molar refractivity (Wildman–Crippen MR) is 129 cm³/mol. The summed E-state index contributed by atoms with van der Waals surface area (Å²) in [6.45, 7) is 2.84. The number of nitrogens with zero attached hydrogens (tertiary/aromatic N) is 1. The van der Waals surface area contributed by atoms with Crippen LogP contribution in [0.25, 0.3) is 10.9 Å². The lowest BCUT2D eigenvalue weighted by Crippen LogP contribution is -2.17. The Hall–Kier alpha value is -3.84. The van der Waals surface area contributed by atoms with Crippen LogP contribution in [0.15, 0.2) is 60.7 Å². The predicted octanol–water partition coefficient (Wildman–Crippen LogP) is 5.14. The van der Waals surface area contributed by atoms with Gasteiger partial charge < -0.3 is 24.5 Å². The number of methoxy groups -OCH3 is 2. The number of aromatic carboxylic acids is 1. The Morgan fingerprint density at radius 3 is 2.50 bits per heavy atom. The zero-order valence-electron chi connectivity index (χ0n) is 19.4. The number of halogens is 1. The second-order valence-electron chi connectivity index (χ2n) is 8.11. The van der Waals surface area contributed by atoms with Crippen molar-refractivity contribution >= 4 is 16.9 Å². The summed E-state index contributed by atoms with van der Waals surface area (Å²) in [5.74, 6) is 0.00393. The van der Waals surface area contributed by atoms with Crippen LogP contribution in [-0.2, 0) is 19.6 Å². The van der Waals surface area contributed by atoms with Crippen molar-refractivity contribution in [2.75, 3.05) is 14.2 Å². The SMILES string of the molecule is COc1ccc(OC)c(CNCc2c(C(=O)O)n(Cc3ccccc3F)c3cc(C)ccc23)c1. The maximum Gasteiger partial charge on any atom is 0.352 e. The number of aryl methyl sites for hydroxylation is 1. The smallest absolute Gasteiger partial charge is 0.352 e. The van der Waals surface area contributed by atoms with Crippen molar-refractivity contribution in [2.24, 2.45) is 0 Å². The van der Waals surface area contributed by atoms with Crippen LogP contribution in [0, 0.1) is 12.7 Å². The molecule has 0 saturated heterocycles. The highest BCUT2D eigenvalue weighted by Crippen LogP contribution is 2.30. The number of nitrogens with one attached hydrogen (secondary N) is 1. The largest absolute Gasteiger partial charge is 0.497 e. The van der Waals surface area contributed by atoms with E-state index in [0.29, 0.717) is 35.7 Å². The van der Waals surface area contributed by atoms with E-state index in [4.69, 9.17) is 9.47 Å². The Morgan fingerprint density at radius 2 is 1.79 bits per heavy atom. The highest BCUT2D eigenvalue weighted by Gasteiger charge is 2.23. The van der Waals surface area contributed by atoms with Crippen LogP contribution >= 0.6 is 0 Å². The van der Waals surface area contributed by atoms with Crippen LogP contribution in [0.4, 0.5) is 4.39 Å². The number of benzene rings is 3. The fourth-order valence-electron chi connectivity index (χ4n) is 4.26. The van der Waals surface area contributed by atoms with Gasteiger partial charge in [-0.15, -0.1) is 0 Å². The zero-order valence-corrected chi connectivity index (χ0v) is 19.4. The van der Waals surface area contributed by atoms with Crippen molar-refractivity contribution in [1.29, 1.82) is 0 Å². The third-order valence-electron chi connectivity index (χ3n) is 5.92. The average molecular weight is 463 g/mol. The molecule has 0 atom stereocenters. The number of carbonyl (C=O) groups is 1. The Balaban J connectivity index is 1.72.